The predicted molar refractivity (Wildman–Crippen MR) is 87.5 cm³/mol. The molecule has 1 N–H and O–H groups in total. The smallest absolute Gasteiger partial charge is 0.239 e. The third-order valence-electron chi connectivity index (χ3n) is 4.37. The third-order valence-corrected chi connectivity index (χ3v) is 4.37. The Bertz CT molecular complexity index is 458. The summed E-state index contributed by atoms with van der Waals surface area (Å²) < 4.78 is 0. The molecule has 0 bridgehead atoms. The lowest BCUT2D eigenvalue weighted by atomic mass is 10.1. The summed E-state index contributed by atoms with van der Waals surface area (Å²) in [6, 6.07) is 9.98. The molecule has 0 spiro atoms. The molecule has 1 amide bonds. The number of amides is 1. The standard InChI is InChI=1S/C17H27N3O2/c1-15(20-10-8-19(9-11-20)12-13-21)17(22)18(2)14-16-6-4-3-5-7-16/h3-7,15,21H,8-14H2,1-2H3. The second-order valence-corrected chi connectivity index (χ2v) is 5.96. The van der Waals surface area contributed by atoms with E-state index in [4.69, 9.17) is 5.11 Å². The van der Waals surface area contributed by atoms with Crippen molar-refractivity contribution in [2.45, 2.75) is 19.5 Å². The number of nitrogens with zero attached hydrogens (tertiary/aromatic N) is 3. The number of likely N-dealkylation sites (N-methyl/N-ethyl adjacent to an activating group) is 1. The largest absolute Gasteiger partial charge is 0.395 e. The summed E-state index contributed by atoms with van der Waals surface area (Å²) in [6.07, 6.45) is 0. The molecule has 1 unspecified atom stereocenters. The van der Waals surface area contributed by atoms with Gasteiger partial charge in [0.25, 0.3) is 0 Å². The average molecular weight is 305 g/mol. The van der Waals surface area contributed by atoms with Gasteiger partial charge < -0.3 is 10.0 Å². The molecule has 1 fully saturated rings. The Kier molecular flexibility index (Phi) is 6.36. The normalized spacial score (nSPS) is 18.1. The third kappa shape index (κ3) is 4.53. The minimum Gasteiger partial charge on any atom is -0.395 e. The summed E-state index contributed by atoms with van der Waals surface area (Å²) in [5.74, 6) is 0.166. The highest BCUT2D eigenvalue weighted by Crippen LogP contribution is 2.10. The van der Waals surface area contributed by atoms with Gasteiger partial charge in [0, 0.05) is 46.3 Å². The van der Waals surface area contributed by atoms with Crippen molar-refractivity contribution in [1.29, 1.82) is 0 Å². The van der Waals surface area contributed by atoms with Crippen LogP contribution in [0.25, 0.3) is 0 Å². The van der Waals surface area contributed by atoms with Gasteiger partial charge in [0.15, 0.2) is 0 Å². The highest BCUT2D eigenvalue weighted by molar-refractivity contribution is 5.81. The maximum Gasteiger partial charge on any atom is 0.239 e. The molecule has 1 aromatic carbocycles. The number of carbonyl (C=O) groups excluding carboxylic acids is 1. The van der Waals surface area contributed by atoms with E-state index in [9.17, 15) is 4.79 Å². The van der Waals surface area contributed by atoms with E-state index in [0.717, 1.165) is 38.3 Å². The first-order chi connectivity index (χ1) is 10.6. The fourth-order valence-electron chi connectivity index (χ4n) is 2.93. The summed E-state index contributed by atoms with van der Waals surface area (Å²) in [6.45, 7) is 7.16. The Labute approximate surface area is 133 Å². The van der Waals surface area contributed by atoms with Crippen LogP contribution in [0.3, 0.4) is 0 Å². The number of aliphatic hydroxyl groups excluding tert-OH is 1. The fourth-order valence-corrected chi connectivity index (χ4v) is 2.93. The number of hydrogen-bond acceptors (Lipinski definition) is 4. The van der Waals surface area contributed by atoms with Crippen molar-refractivity contribution in [3.05, 3.63) is 35.9 Å². The monoisotopic (exact) mass is 305 g/mol. The molecule has 1 aliphatic heterocycles. The highest BCUT2D eigenvalue weighted by Gasteiger charge is 2.27. The van der Waals surface area contributed by atoms with Crippen LogP contribution < -0.4 is 0 Å². The van der Waals surface area contributed by atoms with Crippen LogP contribution in [0.1, 0.15) is 12.5 Å². The molecule has 5 nitrogen and oxygen atoms in total. The molecule has 0 aromatic heterocycles. The Morgan fingerprint density at radius 1 is 1.23 bits per heavy atom. The van der Waals surface area contributed by atoms with Gasteiger partial charge in [-0.3, -0.25) is 14.6 Å². The lowest BCUT2D eigenvalue weighted by molar-refractivity contribution is -0.136. The Balaban J connectivity index is 1.84. The summed E-state index contributed by atoms with van der Waals surface area (Å²) in [5, 5.41) is 8.98. The topological polar surface area (TPSA) is 47.0 Å². The predicted octanol–water partition coefficient (Wildman–Crippen LogP) is 0.643. The maximum absolute atomic E-state index is 12.6. The van der Waals surface area contributed by atoms with E-state index < -0.39 is 0 Å². The molecular formula is C17H27N3O2. The zero-order chi connectivity index (χ0) is 15.9. The van der Waals surface area contributed by atoms with Crippen molar-refractivity contribution in [2.75, 3.05) is 46.4 Å². The van der Waals surface area contributed by atoms with Crippen molar-refractivity contribution in [2.24, 2.45) is 0 Å². The van der Waals surface area contributed by atoms with Crippen LogP contribution in [0.4, 0.5) is 0 Å². The van der Waals surface area contributed by atoms with Crippen LogP contribution in [0, 0.1) is 0 Å². The number of piperazine rings is 1. The minimum atomic E-state index is -0.0926. The number of rotatable bonds is 6. The van der Waals surface area contributed by atoms with Gasteiger partial charge in [0.2, 0.25) is 5.91 Å². The second kappa shape index (κ2) is 8.27. The molecule has 2 rings (SSSR count). The van der Waals surface area contributed by atoms with Gasteiger partial charge in [-0.25, -0.2) is 0 Å². The Morgan fingerprint density at radius 2 is 1.86 bits per heavy atom. The molecule has 1 aliphatic rings. The number of β-amino-alcohol motifs (C(OH)–C–C–N with tert-alkyl or cyclic N) is 1. The van der Waals surface area contributed by atoms with Crippen LogP contribution >= 0.6 is 0 Å². The first-order valence-electron chi connectivity index (χ1n) is 7.98. The molecule has 1 aromatic rings. The lowest BCUT2D eigenvalue weighted by Gasteiger charge is -2.38. The Morgan fingerprint density at radius 3 is 2.45 bits per heavy atom. The number of hydrogen-bond donors (Lipinski definition) is 1. The molecule has 1 saturated heterocycles. The van der Waals surface area contributed by atoms with Crippen LogP contribution in [0.2, 0.25) is 0 Å². The highest BCUT2D eigenvalue weighted by atomic mass is 16.3. The lowest BCUT2D eigenvalue weighted by Crippen LogP contribution is -2.54. The number of benzene rings is 1. The van der Waals surface area contributed by atoms with Crippen molar-refractivity contribution in [1.82, 2.24) is 14.7 Å². The van der Waals surface area contributed by atoms with Crippen molar-refractivity contribution in [3.8, 4) is 0 Å². The minimum absolute atomic E-state index is 0.0926. The van der Waals surface area contributed by atoms with Crippen LogP contribution in [0.15, 0.2) is 30.3 Å². The molecule has 122 valence electrons. The molecule has 0 saturated carbocycles. The molecule has 1 atom stereocenters. The van der Waals surface area contributed by atoms with Crippen LogP contribution in [-0.2, 0) is 11.3 Å². The second-order valence-electron chi connectivity index (χ2n) is 5.96. The summed E-state index contributed by atoms with van der Waals surface area (Å²) in [4.78, 5) is 18.9. The number of aliphatic hydroxyl groups is 1. The summed E-state index contributed by atoms with van der Waals surface area (Å²) in [5.41, 5.74) is 1.15. The van der Waals surface area contributed by atoms with Crippen LogP contribution in [0.5, 0.6) is 0 Å². The zero-order valence-electron chi connectivity index (χ0n) is 13.6. The molecule has 22 heavy (non-hydrogen) atoms. The van der Waals surface area contributed by atoms with E-state index in [1.54, 1.807) is 4.90 Å². The van der Waals surface area contributed by atoms with Gasteiger partial charge >= 0.3 is 0 Å². The zero-order valence-corrected chi connectivity index (χ0v) is 13.6. The van der Waals surface area contributed by atoms with Gasteiger partial charge in [0.05, 0.1) is 12.6 Å². The Hall–Kier alpha value is -1.43. The van der Waals surface area contributed by atoms with E-state index in [-0.39, 0.29) is 18.6 Å². The van der Waals surface area contributed by atoms with Gasteiger partial charge in [-0.2, -0.15) is 0 Å². The van der Waals surface area contributed by atoms with Crippen molar-refractivity contribution >= 4 is 5.91 Å². The van der Waals surface area contributed by atoms with E-state index in [2.05, 4.69) is 9.80 Å². The van der Waals surface area contributed by atoms with Crippen LogP contribution in [-0.4, -0.2) is 78.1 Å². The molecule has 0 radical (unpaired) electrons. The average Bonchev–Trinajstić information content (AvgIpc) is 2.55. The quantitative estimate of drug-likeness (QED) is 0.838. The van der Waals surface area contributed by atoms with Gasteiger partial charge in [-0.15, -0.1) is 0 Å². The first kappa shape index (κ1) is 16.9. The van der Waals surface area contributed by atoms with Crippen molar-refractivity contribution < 1.29 is 9.90 Å². The van der Waals surface area contributed by atoms with E-state index in [0.29, 0.717) is 6.54 Å². The van der Waals surface area contributed by atoms with Gasteiger partial charge in [-0.05, 0) is 12.5 Å². The first-order valence-corrected chi connectivity index (χ1v) is 7.98. The van der Waals surface area contributed by atoms with Gasteiger partial charge in [0.1, 0.15) is 0 Å². The van der Waals surface area contributed by atoms with Gasteiger partial charge in [-0.1, -0.05) is 30.3 Å². The summed E-state index contributed by atoms with van der Waals surface area (Å²) in [7, 11) is 1.87. The maximum atomic E-state index is 12.6. The molecule has 5 heteroatoms. The summed E-state index contributed by atoms with van der Waals surface area (Å²) >= 11 is 0. The van der Waals surface area contributed by atoms with E-state index in [1.807, 2.05) is 44.3 Å². The molecule has 1 heterocycles. The SMILES string of the molecule is CC(C(=O)N(C)Cc1ccccc1)N1CCN(CCO)CC1. The van der Waals surface area contributed by atoms with E-state index in [1.165, 1.54) is 0 Å². The number of carbonyl (C=O) groups is 1. The molecule has 0 aliphatic carbocycles. The van der Waals surface area contributed by atoms with Crippen molar-refractivity contribution in [3.63, 3.8) is 0 Å². The fraction of sp³-hybridized carbons (Fsp3) is 0.588. The van der Waals surface area contributed by atoms with E-state index >= 15 is 0 Å². The molecular weight excluding hydrogens is 278 g/mol.